The minimum atomic E-state index is 0.774. The van der Waals surface area contributed by atoms with Gasteiger partial charge in [-0.05, 0) is 44.0 Å². The quantitative estimate of drug-likeness (QED) is 0.894. The second-order valence-electron chi connectivity index (χ2n) is 4.95. The van der Waals surface area contributed by atoms with Crippen LogP contribution in [0.4, 0.5) is 0 Å². The Morgan fingerprint density at radius 3 is 2.72 bits per heavy atom. The van der Waals surface area contributed by atoms with Crippen molar-refractivity contribution in [2.45, 2.75) is 19.3 Å². The average molecular weight is 241 g/mol. The highest BCUT2D eigenvalue weighted by molar-refractivity contribution is 5.32. The fourth-order valence-corrected chi connectivity index (χ4v) is 2.65. The Morgan fingerprint density at radius 2 is 1.94 bits per heavy atom. The zero-order valence-corrected chi connectivity index (χ0v) is 10.5. The molecule has 3 nitrogen and oxygen atoms in total. The van der Waals surface area contributed by atoms with E-state index in [0.29, 0.717) is 0 Å². The van der Waals surface area contributed by atoms with Gasteiger partial charge in [0.05, 0.1) is 0 Å². The molecule has 1 aliphatic heterocycles. The van der Waals surface area contributed by atoms with Crippen molar-refractivity contribution in [3.63, 3.8) is 0 Å². The van der Waals surface area contributed by atoms with Crippen molar-refractivity contribution in [3.05, 3.63) is 48.5 Å². The molecular weight excluding hydrogens is 222 g/mol. The van der Waals surface area contributed by atoms with Crippen LogP contribution in [0, 0.1) is 5.92 Å². The second-order valence-corrected chi connectivity index (χ2v) is 4.95. The minimum absolute atomic E-state index is 0.774. The van der Waals surface area contributed by atoms with Gasteiger partial charge in [0, 0.05) is 24.5 Å². The molecule has 0 amide bonds. The van der Waals surface area contributed by atoms with Gasteiger partial charge >= 0.3 is 0 Å². The molecule has 3 heteroatoms. The van der Waals surface area contributed by atoms with Crippen molar-refractivity contribution in [3.8, 4) is 5.69 Å². The summed E-state index contributed by atoms with van der Waals surface area (Å²) < 4.78 is 2.21. The van der Waals surface area contributed by atoms with Gasteiger partial charge in [0.2, 0.25) is 0 Å². The van der Waals surface area contributed by atoms with Gasteiger partial charge in [-0.1, -0.05) is 18.2 Å². The Bertz CT molecular complexity index is 483. The molecule has 0 radical (unpaired) electrons. The lowest BCUT2D eigenvalue weighted by molar-refractivity contribution is 0.366. The van der Waals surface area contributed by atoms with Gasteiger partial charge in [0.15, 0.2) is 0 Å². The lowest BCUT2D eigenvalue weighted by Crippen LogP contribution is -2.29. The first-order valence-corrected chi connectivity index (χ1v) is 6.72. The third-order valence-corrected chi connectivity index (χ3v) is 3.68. The predicted octanol–water partition coefficient (Wildman–Crippen LogP) is 2.41. The highest BCUT2D eigenvalue weighted by Crippen LogP contribution is 2.19. The Hall–Kier alpha value is -1.61. The SMILES string of the molecule is c1ccc(-n2ccnc2CC2CCNCC2)cc1. The van der Waals surface area contributed by atoms with Crippen LogP contribution in [0.2, 0.25) is 0 Å². The van der Waals surface area contributed by atoms with Crippen molar-refractivity contribution < 1.29 is 0 Å². The lowest BCUT2D eigenvalue weighted by Gasteiger charge is -2.22. The number of hydrogen-bond acceptors (Lipinski definition) is 2. The summed E-state index contributed by atoms with van der Waals surface area (Å²) in [5.74, 6) is 1.96. The third kappa shape index (κ3) is 2.46. The van der Waals surface area contributed by atoms with E-state index in [9.17, 15) is 0 Å². The number of nitrogens with zero attached hydrogens (tertiary/aromatic N) is 2. The molecule has 0 atom stereocenters. The van der Waals surface area contributed by atoms with Crippen LogP contribution in [0.15, 0.2) is 42.7 Å². The summed E-state index contributed by atoms with van der Waals surface area (Å²) in [5, 5.41) is 3.41. The summed E-state index contributed by atoms with van der Waals surface area (Å²) in [6.07, 6.45) is 7.59. The van der Waals surface area contributed by atoms with E-state index < -0.39 is 0 Å². The topological polar surface area (TPSA) is 29.9 Å². The van der Waals surface area contributed by atoms with E-state index in [2.05, 4.69) is 45.3 Å². The van der Waals surface area contributed by atoms with Crippen LogP contribution in [0.25, 0.3) is 5.69 Å². The summed E-state index contributed by atoms with van der Waals surface area (Å²) in [6.45, 7) is 2.30. The molecule has 0 bridgehead atoms. The van der Waals surface area contributed by atoms with Gasteiger partial charge in [-0.25, -0.2) is 4.98 Å². The number of para-hydroxylation sites is 1. The van der Waals surface area contributed by atoms with Crippen LogP contribution in [0.3, 0.4) is 0 Å². The first-order chi connectivity index (χ1) is 8.93. The zero-order valence-electron chi connectivity index (χ0n) is 10.5. The van der Waals surface area contributed by atoms with Crippen LogP contribution >= 0.6 is 0 Å². The molecule has 0 unspecified atom stereocenters. The molecule has 18 heavy (non-hydrogen) atoms. The van der Waals surface area contributed by atoms with Crippen molar-refractivity contribution >= 4 is 0 Å². The molecule has 0 saturated carbocycles. The largest absolute Gasteiger partial charge is 0.317 e. The number of imidazole rings is 1. The Kier molecular flexibility index (Phi) is 3.42. The number of piperidine rings is 1. The molecule has 0 spiro atoms. The summed E-state index contributed by atoms with van der Waals surface area (Å²) in [7, 11) is 0. The van der Waals surface area contributed by atoms with Gasteiger partial charge in [-0.15, -0.1) is 0 Å². The van der Waals surface area contributed by atoms with Crippen LogP contribution in [-0.4, -0.2) is 22.6 Å². The molecule has 1 aliphatic rings. The maximum atomic E-state index is 4.53. The van der Waals surface area contributed by atoms with E-state index >= 15 is 0 Å². The number of aromatic nitrogens is 2. The smallest absolute Gasteiger partial charge is 0.113 e. The Labute approximate surface area is 108 Å². The summed E-state index contributed by atoms with van der Waals surface area (Å²) >= 11 is 0. The summed E-state index contributed by atoms with van der Waals surface area (Å²) in [4.78, 5) is 4.53. The van der Waals surface area contributed by atoms with Crippen LogP contribution in [-0.2, 0) is 6.42 Å². The van der Waals surface area contributed by atoms with Crippen LogP contribution in [0.1, 0.15) is 18.7 Å². The first kappa shape index (κ1) is 11.5. The first-order valence-electron chi connectivity index (χ1n) is 6.72. The number of benzene rings is 1. The van der Waals surface area contributed by atoms with Gasteiger partial charge in [-0.3, -0.25) is 0 Å². The van der Waals surface area contributed by atoms with Crippen LogP contribution in [0.5, 0.6) is 0 Å². The fraction of sp³-hybridized carbons (Fsp3) is 0.400. The van der Waals surface area contributed by atoms with Gasteiger partial charge in [0.25, 0.3) is 0 Å². The highest BCUT2D eigenvalue weighted by atomic mass is 15.1. The molecule has 1 aromatic heterocycles. The minimum Gasteiger partial charge on any atom is -0.317 e. The molecule has 1 aromatic carbocycles. The molecule has 1 saturated heterocycles. The summed E-state index contributed by atoms with van der Waals surface area (Å²) in [5.41, 5.74) is 1.21. The van der Waals surface area contributed by atoms with E-state index in [1.54, 1.807) is 0 Å². The Balaban J connectivity index is 1.79. The maximum absolute atomic E-state index is 4.53. The molecule has 2 heterocycles. The number of hydrogen-bond donors (Lipinski definition) is 1. The molecular formula is C15H19N3. The zero-order chi connectivity index (χ0) is 12.2. The third-order valence-electron chi connectivity index (χ3n) is 3.68. The van der Waals surface area contributed by atoms with Gasteiger partial charge < -0.3 is 9.88 Å². The second kappa shape index (κ2) is 5.36. The normalized spacial score (nSPS) is 16.9. The lowest BCUT2D eigenvalue weighted by atomic mass is 9.94. The molecule has 1 fully saturated rings. The van der Waals surface area contributed by atoms with Crippen molar-refractivity contribution in [1.82, 2.24) is 14.9 Å². The average Bonchev–Trinajstić information content (AvgIpc) is 2.89. The maximum Gasteiger partial charge on any atom is 0.113 e. The van der Waals surface area contributed by atoms with Gasteiger partial charge in [-0.2, -0.15) is 0 Å². The van der Waals surface area contributed by atoms with E-state index in [4.69, 9.17) is 0 Å². The van der Waals surface area contributed by atoms with E-state index in [1.165, 1.54) is 24.4 Å². The number of nitrogens with one attached hydrogen (secondary N) is 1. The fourth-order valence-electron chi connectivity index (χ4n) is 2.65. The molecule has 1 N–H and O–H groups in total. The molecule has 94 valence electrons. The van der Waals surface area contributed by atoms with E-state index in [0.717, 1.165) is 25.4 Å². The van der Waals surface area contributed by atoms with Crippen LogP contribution < -0.4 is 5.32 Å². The van der Waals surface area contributed by atoms with Crippen molar-refractivity contribution in [2.75, 3.05) is 13.1 Å². The van der Waals surface area contributed by atoms with Gasteiger partial charge in [0.1, 0.15) is 5.82 Å². The van der Waals surface area contributed by atoms with E-state index in [1.807, 2.05) is 12.3 Å². The van der Waals surface area contributed by atoms with E-state index in [-0.39, 0.29) is 0 Å². The standard InChI is InChI=1S/C15H19N3/c1-2-4-14(5-3-1)18-11-10-17-15(18)12-13-6-8-16-9-7-13/h1-5,10-11,13,16H,6-9,12H2. The Morgan fingerprint density at radius 1 is 1.17 bits per heavy atom. The highest BCUT2D eigenvalue weighted by Gasteiger charge is 2.16. The molecule has 2 aromatic rings. The monoisotopic (exact) mass is 241 g/mol. The predicted molar refractivity (Wildman–Crippen MR) is 72.9 cm³/mol. The molecule has 0 aliphatic carbocycles. The molecule has 3 rings (SSSR count). The number of rotatable bonds is 3. The summed E-state index contributed by atoms with van der Waals surface area (Å²) in [6, 6.07) is 10.5. The van der Waals surface area contributed by atoms with Crippen molar-refractivity contribution in [2.24, 2.45) is 5.92 Å². The van der Waals surface area contributed by atoms with Crippen molar-refractivity contribution in [1.29, 1.82) is 0 Å².